The van der Waals surface area contributed by atoms with Crippen LogP contribution >= 0.6 is 0 Å². The lowest BCUT2D eigenvalue weighted by atomic mass is 10.2. The smallest absolute Gasteiger partial charge is 0.287 e. The molecule has 2 rings (SSSR count). The van der Waals surface area contributed by atoms with Gasteiger partial charge in [-0.15, -0.1) is 0 Å². The number of nitrogens with zero attached hydrogens (tertiary/aromatic N) is 3. The highest BCUT2D eigenvalue weighted by molar-refractivity contribution is 5.91. The maximum absolute atomic E-state index is 12.3. The van der Waals surface area contributed by atoms with E-state index in [2.05, 4.69) is 34.0 Å². The van der Waals surface area contributed by atoms with Crippen molar-refractivity contribution in [1.82, 2.24) is 20.2 Å². The Bertz CT molecular complexity index is 660. The highest BCUT2D eigenvalue weighted by atomic mass is 16.4. The van der Waals surface area contributed by atoms with Crippen molar-refractivity contribution >= 4 is 5.91 Å². The summed E-state index contributed by atoms with van der Waals surface area (Å²) in [6.45, 7) is 11.2. The monoisotopic (exact) mass is 330 g/mol. The van der Waals surface area contributed by atoms with Crippen molar-refractivity contribution in [2.75, 3.05) is 13.1 Å². The molecule has 0 fully saturated rings. The molecular weight excluding hydrogens is 304 g/mol. The van der Waals surface area contributed by atoms with Crippen LogP contribution in [-0.4, -0.2) is 33.9 Å². The zero-order valence-corrected chi connectivity index (χ0v) is 14.9. The fraction of sp³-hybridized carbons (Fsp3) is 0.500. The molecule has 0 atom stereocenters. The number of hydrogen-bond acceptors (Lipinski definition) is 5. The van der Waals surface area contributed by atoms with Crippen molar-refractivity contribution in [1.29, 1.82) is 0 Å². The molecule has 130 valence electrons. The van der Waals surface area contributed by atoms with Crippen molar-refractivity contribution in [2.45, 2.75) is 47.2 Å². The standard InChI is InChI=1S/C18H26N4O2/c1-5-16-14(12-22(6-2)7-3)8-17(24-16)18(23)21-11-15-10-19-13(4)9-20-15/h8-10H,5-7,11-12H2,1-4H3,(H,21,23). The van der Waals surface area contributed by atoms with Gasteiger partial charge in [0.05, 0.1) is 24.1 Å². The van der Waals surface area contributed by atoms with Crippen LogP contribution in [0.25, 0.3) is 0 Å². The van der Waals surface area contributed by atoms with Gasteiger partial charge in [-0.25, -0.2) is 0 Å². The van der Waals surface area contributed by atoms with Crippen LogP contribution < -0.4 is 5.32 Å². The Morgan fingerprint density at radius 2 is 1.96 bits per heavy atom. The van der Waals surface area contributed by atoms with E-state index in [4.69, 9.17) is 4.42 Å². The van der Waals surface area contributed by atoms with E-state index in [1.54, 1.807) is 12.4 Å². The van der Waals surface area contributed by atoms with E-state index in [-0.39, 0.29) is 5.91 Å². The summed E-state index contributed by atoms with van der Waals surface area (Å²) in [5, 5.41) is 2.83. The predicted octanol–water partition coefficient (Wildman–Crippen LogP) is 2.71. The van der Waals surface area contributed by atoms with Crippen LogP contribution in [0.5, 0.6) is 0 Å². The van der Waals surface area contributed by atoms with Gasteiger partial charge in [0.15, 0.2) is 5.76 Å². The molecule has 0 radical (unpaired) electrons. The summed E-state index contributed by atoms with van der Waals surface area (Å²) in [7, 11) is 0. The molecule has 0 aliphatic rings. The van der Waals surface area contributed by atoms with Gasteiger partial charge in [-0.1, -0.05) is 20.8 Å². The summed E-state index contributed by atoms with van der Waals surface area (Å²) < 4.78 is 5.75. The van der Waals surface area contributed by atoms with Crippen LogP contribution in [0.4, 0.5) is 0 Å². The minimum Gasteiger partial charge on any atom is -0.456 e. The van der Waals surface area contributed by atoms with Gasteiger partial charge in [-0.05, 0) is 26.1 Å². The van der Waals surface area contributed by atoms with Crippen LogP contribution in [0.2, 0.25) is 0 Å². The normalized spacial score (nSPS) is 11.0. The molecule has 0 aliphatic carbocycles. The number of aryl methyl sites for hydroxylation is 2. The molecule has 1 amide bonds. The van der Waals surface area contributed by atoms with Crippen molar-refractivity contribution < 1.29 is 9.21 Å². The van der Waals surface area contributed by atoms with Crippen molar-refractivity contribution in [2.24, 2.45) is 0 Å². The molecule has 0 saturated carbocycles. The Labute approximate surface area is 143 Å². The number of furan rings is 1. The molecular formula is C18H26N4O2. The summed E-state index contributed by atoms with van der Waals surface area (Å²) in [6, 6.07) is 1.85. The molecule has 0 spiro atoms. The fourth-order valence-corrected chi connectivity index (χ4v) is 2.47. The SMILES string of the molecule is CCc1oc(C(=O)NCc2cnc(C)cn2)cc1CN(CC)CC. The number of nitrogens with one attached hydrogen (secondary N) is 1. The Hall–Kier alpha value is -2.21. The van der Waals surface area contributed by atoms with E-state index in [0.717, 1.165) is 48.8 Å². The second-order valence-electron chi connectivity index (χ2n) is 5.71. The van der Waals surface area contributed by atoms with E-state index in [1.165, 1.54) is 0 Å². The molecule has 0 saturated heterocycles. The summed E-state index contributed by atoms with van der Waals surface area (Å²) in [5.74, 6) is 1.01. The van der Waals surface area contributed by atoms with E-state index in [9.17, 15) is 4.79 Å². The van der Waals surface area contributed by atoms with Crippen LogP contribution in [0.15, 0.2) is 22.9 Å². The summed E-state index contributed by atoms with van der Waals surface area (Å²) >= 11 is 0. The summed E-state index contributed by atoms with van der Waals surface area (Å²) in [6.07, 6.45) is 4.13. The van der Waals surface area contributed by atoms with Crippen LogP contribution in [0.1, 0.15) is 54.0 Å². The first kappa shape index (κ1) is 18.1. The minimum absolute atomic E-state index is 0.224. The van der Waals surface area contributed by atoms with Crippen molar-refractivity contribution in [3.05, 3.63) is 46.9 Å². The number of carbonyl (C=O) groups excluding carboxylic acids is 1. The molecule has 2 heterocycles. The van der Waals surface area contributed by atoms with Gasteiger partial charge in [-0.2, -0.15) is 0 Å². The number of hydrogen-bond donors (Lipinski definition) is 1. The number of rotatable bonds is 8. The fourth-order valence-electron chi connectivity index (χ4n) is 2.47. The summed E-state index contributed by atoms with van der Waals surface area (Å²) in [5.41, 5.74) is 2.66. The third kappa shape index (κ3) is 4.64. The average Bonchev–Trinajstić information content (AvgIpc) is 3.01. The molecule has 6 heteroatoms. The third-order valence-electron chi connectivity index (χ3n) is 3.99. The minimum atomic E-state index is -0.224. The second kappa shape index (κ2) is 8.59. The molecule has 2 aromatic heterocycles. The lowest BCUT2D eigenvalue weighted by Gasteiger charge is -2.17. The summed E-state index contributed by atoms with van der Waals surface area (Å²) in [4.78, 5) is 23.0. The van der Waals surface area contributed by atoms with Crippen molar-refractivity contribution in [3.8, 4) is 0 Å². The Morgan fingerprint density at radius 1 is 1.21 bits per heavy atom. The third-order valence-corrected chi connectivity index (χ3v) is 3.99. The number of aromatic nitrogens is 2. The maximum atomic E-state index is 12.3. The average molecular weight is 330 g/mol. The maximum Gasteiger partial charge on any atom is 0.287 e. The molecule has 0 aromatic carbocycles. The molecule has 6 nitrogen and oxygen atoms in total. The highest BCUT2D eigenvalue weighted by Gasteiger charge is 2.17. The Kier molecular flexibility index (Phi) is 6.49. The van der Waals surface area contributed by atoms with E-state index >= 15 is 0 Å². The van der Waals surface area contributed by atoms with Gasteiger partial charge >= 0.3 is 0 Å². The molecule has 0 bridgehead atoms. The topological polar surface area (TPSA) is 71.3 Å². The molecule has 0 unspecified atom stereocenters. The molecule has 24 heavy (non-hydrogen) atoms. The van der Waals surface area contributed by atoms with E-state index in [1.807, 2.05) is 19.9 Å². The lowest BCUT2D eigenvalue weighted by molar-refractivity contribution is 0.0921. The Morgan fingerprint density at radius 3 is 2.54 bits per heavy atom. The number of carbonyl (C=O) groups is 1. The van der Waals surface area contributed by atoms with Crippen molar-refractivity contribution in [3.63, 3.8) is 0 Å². The van der Waals surface area contributed by atoms with Gasteiger partial charge in [0.25, 0.3) is 5.91 Å². The van der Waals surface area contributed by atoms with E-state index in [0.29, 0.717) is 12.3 Å². The van der Waals surface area contributed by atoms with E-state index < -0.39 is 0 Å². The predicted molar refractivity (Wildman–Crippen MR) is 92.7 cm³/mol. The quantitative estimate of drug-likeness (QED) is 0.806. The van der Waals surface area contributed by atoms with Crippen LogP contribution in [0.3, 0.4) is 0 Å². The van der Waals surface area contributed by atoms with Crippen LogP contribution in [-0.2, 0) is 19.5 Å². The van der Waals surface area contributed by atoms with Crippen LogP contribution in [0, 0.1) is 6.92 Å². The zero-order chi connectivity index (χ0) is 17.5. The first-order valence-corrected chi connectivity index (χ1v) is 8.46. The highest BCUT2D eigenvalue weighted by Crippen LogP contribution is 2.18. The number of amides is 1. The first-order chi connectivity index (χ1) is 11.6. The Balaban J connectivity index is 2.03. The lowest BCUT2D eigenvalue weighted by Crippen LogP contribution is -2.23. The van der Waals surface area contributed by atoms with Gasteiger partial charge < -0.3 is 9.73 Å². The molecule has 2 aromatic rings. The molecule has 0 aliphatic heterocycles. The van der Waals surface area contributed by atoms with Gasteiger partial charge in [-0.3, -0.25) is 19.7 Å². The first-order valence-electron chi connectivity index (χ1n) is 8.46. The second-order valence-corrected chi connectivity index (χ2v) is 5.71. The molecule has 1 N–H and O–H groups in total. The largest absolute Gasteiger partial charge is 0.456 e. The zero-order valence-electron chi connectivity index (χ0n) is 14.9. The van der Waals surface area contributed by atoms with Gasteiger partial charge in [0.2, 0.25) is 0 Å². The van der Waals surface area contributed by atoms with Gasteiger partial charge in [0, 0.05) is 24.7 Å². The van der Waals surface area contributed by atoms with Gasteiger partial charge in [0.1, 0.15) is 5.76 Å².